The second kappa shape index (κ2) is 7.53. The summed E-state index contributed by atoms with van der Waals surface area (Å²) in [6, 6.07) is 7.64. The summed E-state index contributed by atoms with van der Waals surface area (Å²) in [4.78, 5) is 12.6. The fourth-order valence-corrected chi connectivity index (χ4v) is 3.55. The molecule has 1 amide bonds. The van der Waals surface area contributed by atoms with Crippen molar-refractivity contribution >= 4 is 5.91 Å². The molecule has 2 aliphatic rings. The molecule has 0 bridgehead atoms. The van der Waals surface area contributed by atoms with Crippen LogP contribution in [0.25, 0.3) is 0 Å². The fourth-order valence-electron chi connectivity index (χ4n) is 3.55. The number of hydrogen-bond acceptors (Lipinski definition) is 4. The van der Waals surface area contributed by atoms with Gasteiger partial charge >= 0.3 is 0 Å². The lowest BCUT2D eigenvalue weighted by Gasteiger charge is -2.39. The van der Waals surface area contributed by atoms with E-state index in [1.54, 1.807) is 0 Å². The number of hydrogen-bond donors (Lipinski definition) is 1. The van der Waals surface area contributed by atoms with Crippen molar-refractivity contribution in [1.82, 2.24) is 5.32 Å². The number of amides is 1. The van der Waals surface area contributed by atoms with Gasteiger partial charge in [0.15, 0.2) is 5.79 Å². The standard InChI is InChI=1S/C19H27NO4/c1-14(2)24-16-8-4-3-7-15(16)13-18(21)20-17-9-5-6-10-19(17)22-11-12-23-19/h3-4,7-8,14,17H,5-6,9-13H2,1-2H3,(H,20,21)/t17-/m1/s1. The molecule has 0 aromatic heterocycles. The van der Waals surface area contributed by atoms with E-state index in [0.717, 1.165) is 37.0 Å². The zero-order valence-electron chi connectivity index (χ0n) is 14.5. The maximum Gasteiger partial charge on any atom is 0.224 e. The van der Waals surface area contributed by atoms with Crippen LogP contribution in [-0.2, 0) is 20.7 Å². The Hall–Kier alpha value is -1.59. The van der Waals surface area contributed by atoms with E-state index in [1.165, 1.54) is 0 Å². The quantitative estimate of drug-likeness (QED) is 0.900. The zero-order valence-corrected chi connectivity index (χ0v) is 14.5. The third kappa shape index (κ3) is 3.90. The lowest BCUT2D eigenvalue weighted by molar-refractivity contribution is -0.196. The predicted molar refractivity (Wildman–Crippen MR) is 90.9 cm³/mol. The van der Waals surface area contributed by atoms with Crippen LogP contribution in [0, 0.1) is 0 Å². The molecule has 1 aromatic rings. The third-order valence-corrected chi connectivity index (χ3v) is 4.60. The third-order valence-electron chi connectivity index (χ3n) is 4.60. The van der Waals surface area contributed by atoms with Crippen LogP contribution in [0.2, 0.25) is 0 Å². The Balaban J connectivity index is 1.65. The van der Waals surface area contributed by atoms with Crippen molar-refractivity contribution in [2.45, 2.75) is 63.9 Å². The topological polar surface area (TPSA) is 56.8 Å². The molecule has 2 fully saturated rings. The van der Waals surface area contributed by atoms with Crippen molar-refractivity contribution in [2.75, 3.05) is 13.2 Å². The Morgan fingerprint density at radius 3 is 2.79 bits per heavy atom. The normalized spacial score (nSPS) is 22.7. The highest BCUT2D eigenvalue weighted by molar-refractivity contribution is 5.79. The smallest absolute Gasteiger partial charge is 0.224 e. The van der Waals surface area contributed by atoms with Crippen LogP contribution < -0.4 is 10.1 Å². The number of carbonyl (C=O) groups is 1. The number of benzene rings is 1. The van der Waals surface area contributed by atoms with Gasteiger partial charge in [0.25, 0.3) is 0 Å². The van der Waals surface area contributed by atoms with E-state index in [9.17, 15) is 4.79 Å². The first-order valence-electron chi connectivity index (χ1n) is 8.91. The lowest BCUT2D eigenvalue weighted by Crippen LogP contribution is -2.55. The van der Waals surface area contributed by atoms with Crippen LogP contribution in [-0.4, -0.2) is 37.1 Å². The van der Waals surface area contributed by atoms with Gasteiger partial charge < -0.3 is 19.5 Å². The van der Waals surface area contributed by atoms with Gasteiger partial charge in [0.1, 0.15) is 5.75 Å². The minimum atomic E-state index is -0.609. The minimum Gasteiger partial charge on any atom is -0.491 e. The van der Waals surface area contributed by atoms with Crippen molar-refractivity contribution < 1.29 is 19.0 Å². The van der Waals surface area contributed by atoms with E-state index in [1.807, 2.05) is 38.1 Å². The molecule has 0 unspecified atom stereocenters. The Labute approximate surface area is 143 Å². The van der Waals surface area contributed by atoms with Crippen LogP contribution in [0.5, 0.6) is 5.75 Å². The van der Waals surface area contributed by atoms with Gasteiger partial charge in [-0.1, -0.05) is 24.6 Å². The largest absolute Gasteiger partial charge is 0.491 e. The zero-order chi connectivity index (χ0) is 17.0. The molecule has 1 heterocycles. The van der Waals surface area contributed by atoms with Crippen LogP contribution >= 0.6 is 0 Å². The molecule has 1 saturated carbocycles. The summed E-state index contributed by atoms with van der Waals surface area (Å²) in [5.41, 5.74) is 0.904. The number of nitrogens with one attached hydrogen (secondary N) is 1. The molecule has 3 rings (SSSR count). The average Bonchev–Trinajstić information content (AvgIpc) is 3.00. The Bertz CT molecular complexity index is 566. The van der Waals surface area contributed by atoms with Crippen molar-refractivity contribution in [2.24, 2.45) is 0 Å². The van der Waals surface area contributed by atoms with Gasteiger partial charge in [0.05, 0.1) is 31.8 Å². The van der Waals surface area contributed by atoms with Crippen molar-refractivity contribution in [3.8, 4) is 5.75 Å². The van der Waals surface area contributed by atoms with Crippen molar-refractivity contribution in [3.05, 3.63) is 29.8 Å². The maximum absolute atomic E-state index is 12.6. The molecular formula is C19H27NO4. The monoisotopic (exact) mass is 333 g/mol. The summed E-state index contributed by atoms with van der Waals surface area (Å²) in [6.45, 7) is 5.18. The van der Waals surface area contributed by atoms with Crippen molar-refractivity contribution in [3.63, 3.8) is 0 Å². The number of carbonyl (C=O) groups excluding carboxylic acids is 1. The second-order valence-electron chi connectivity index (χ2n) is 6.83. The molecule has 1 spiro atoms. The van der Waals surface area contributed by atoms with Crippen LogP contribution in [0.4, 0.5) is 0 Å². The van der Waals surface area contributed by atoms with Gasteiger partial charge in [-0.2, -0.15) is 0 Å². The van der Waals surface area contributed by atoms with Gasteiger partial charge in [0, 0.05) is 12.0 Å². The Morgan fingerprint density at radius 2 is 2.04 bits per heavy atom. The summed E-state index contributed by atoms with van der Waals surface area (Å²) in [6.07, 6.45) is 4.30. The molecular weight excluding hydrogens is 306 g/mol. The second-order valence-corrected chi connectivity index (χ2v) is 6.83. The summed E-state index contributed by atoms with van der Waals surface area (Å²) < 4.78 is 17.5. The number of ether oxygens (including phenoxy) is 3. The first-order valence-corrected chi connectivity index (χ1v) is 8.91. The predicted octanol–water partition coefficient (Wildman–Crippen LogP) is 2.82. The van der Waals surface area contributed by atoms with Gasteiger partial charge in [-0.25, -0.2) is 0 Å². The highest BCUT2D eigenvalue weighted by atomic mass is 16.7. The maximum atomic E-state index is 12.6. The average molecular weight is 333 g/mol. The van der Waals surface area contributed by atoms with E-state index < -0.39 is 5.79 Å². The highest BCUT2D eigenvalue weighted by Gasteiger charge is 2.46. The molecule has 132 valence electrons. The molecule has 1 aromatic carbocycles. The van der Waals surface area contributed by atoms with E-state index in [0.29, 0.717) is 19.6 Å². The Kier molecular flexibility index (Phi) is 5.41. The van der Waals surface area contributed by atoms with Gasteiger partial charge in [-0.15, -0.1) is 0 Å². The molecule has 24 heavy (non-hydrogen) atoms. The minimum absolute atomic E-state index is 0.0137. The molecule has 1 aliphatic carbocycles. The SMILES string of the molecule is CC(C)Oc1ccccc1CC(=O)N[C@@H]1CCCCC12OCCO2. The van der Waals surface area contributed by atoms with E-state index in [4.69, 9.17) is 14.2 Å². The summed E-state index contributed by atoms with van der Waals surface area (Å²) in [5, 5.41) is 3.14. The fraction of sp³-hybridized carbons (Fsp3) is 0.632. The van der Waals surface area contributed by atoms with Gasteiger partial charge in [0.2, 0.25) is 5.91 Å². The van der Waals surface area contributed by atoms with Crippen LogP contribution in [0.15, 0.2) is 24.3 Å². The van der Waals surface area contributed by atoms with E-state index >= 15 is 0 Å². The first-order chi connectivity index (χ1) is 11.6. The van der Waals surface area contributed by atoms with Crippen molar-refractivity contribution in [1.29, 1.82) is 0 Å². The molecule has 0 radical (unpaired) electrons. The van der Waals surface area contributed by atoms with Crippen LogP contribution in [0.3, 0.4) is 0 Å². The van der Waals surface area contributed by atoms with Crippen LogP contribution in [0.1, 0.15) is 45.1 Å². The van der Waals surface area contributed by atoms with E-state index in [2.05, 4.69) is 5.32 Å². The summed E-state index contributed by atoms with van der Waals surface area (Å²) >= 11 is 0. The summed E-state index contributed by atoms with van der Waals surface area (Å²) in [5.74, 6) is 0.150. The van der Waals surface area contributed by atoms with Gasteiger partial charge in [-0.05, 0) is 32.8 Å². The highest BCUT2D eigenvalue weighted by Crippen LogP contribution is 2.36. The Morgan fingerprint density at radius 1 is 1.29 bits per heavy atom. The molecule has 1 N–H and O–H groups in total. The molecule has 1 atom stereocenters. The first kappa shape index (κ1) is 17.2. The molecule has 1 aliphatic heterocycles. The number of rotatable bonds is 5. The molecule has 5 heteroatoms. The molecule has 1 saturated heterocycles. The number of para-hydroxylation sites is 1. The van der Waals surface area contributed by atoms with Gasteiger partial charge in [-0.3, -0.25) is 4.79 Å². The van der Waals surface area contributed by atoms with E-state index in [-0.39, 0.29) is 18.1 Å². The molecule has 5 nitrogen and oxygen atoms in total. The summed E-state index contributed by atoms with van der Waals surface area (Å²) in [7, 11) is 0. The lowest BCUT2D eigenvalue weighted by atomic mass is 9.88.